The average molecular weight is 256 g/mol. The van der Waals surface area contributed by atoms with Crippen molar-refractivity contribution in [2.24, 2.45) is 11.7 Å². The molecule has 1 aromatic carbocycles. The molecule has 2 saturated carbocycles. The third-order valence-corrected chi connectivity index (χ3v) is 4.65. The summed E-state index contributed by atoms with van der Waals surface area (Å²) in [6.07, 6.45) is 4.73. The van der Waals surface area contributed by atoms with Gasteiger partial charge in [-0.2, -0.15) is 0 Å². The lowest BCUT2D eigenvalue weighted by Gasteiger charge is -2.26. The molecule has 86 valence electrons. The predicted octanol–water partition coefficient (Wildman–Crippen LogP) is 3.76. The molecule has 0 aromatic heterocycles. The van der Waals surface area contributed by atoms with Crippen LogP contribution in [0.3, 0.4) is 0 Å². The Balaban J connectivity index is 1.94. The summed E-state index contributed by atoms with van der Waals surface area (Å²) >= 11 is 12.1. The van der Waals surface area contributed by atoms with E-state index >= 15 is 0 Å². The number of rotatable bonds is 1. The molecule has 0 heterocycles. The molecule has 0 spiro atoms. The number of halogens is 2. The van der Waals surface area contributed by atoms with Gasteiger partial charge in [-0.25, -0.2) is 0 Å². The van der Waals surface area contributed by atoms with Crippen LogP contribution in [0.5, 0.6) is 0 Å². The second-order valence-electron chi connectivity index (χ2n) is 5.25. The number of hydrogen-bond acceptors (Lipinski definition) is 1. The summed E-state index contributed by atoms with van der Waals surface area (Å²) in [6, 6.07) is 6.35. The van der Waals surface area contributed by atoms with Crippen molar-refractivity contribution in [2.45, 2.75) is 37.1 Å². The van der Waals surface area contributed by atoms with Crippen molar-refractivity contribution in [1.29, 1.82) is 0 Å². The van der Waals surface area contributed by atoms with E-state index in [2.05, 4.69) is 12.1 Å². The first kappa shape index (κ1) is 10.9. The van der Waals surface area contributed by atoms with Crippen molar-refractivity contribution in [3.63, 3.8) is 0 Å². The molecule has 1 unspecified atom stereocenters. The molecule has 1 aromatic rings. The van der Waals surface area contributed by atoms with Gasteiger partial charge in [0.25, 0.3) is 0 Å². The van der Waals surface area contributed by atoms with Gasteiger partial charge in [0.05, 0.1) is 0 Å². The molecular weight excluding hydrogens is 241 g/mol. The van der Waals surface area contributed by atoms with Gasteiger partial charge < -0.3 is 5.73 Å². The Morgan fingerprint density at radius 2 is 1.88 bits per heavy atom. The van der Waals surface area contributed by atoms with E-state index in [0.717, 1.165) is 28.8 Å². The number of fused-ring (bicyclic) bond motifs is 1. The fourth-order valence-corrected chi connectivity index (χ4v) is 3.79. The Morgan fingerprint density at radius 3 is 2.50 bits per heavy atom. The summed E-state index contributed by atoms with van der Waals surface area (Å²) in [5.74, 6) is 0.755. The van der Waals surface area contributed by atoms with Gasteiger partial charge in [0.1, 0.15) is 0 Å². The van der Waals surface area contributed by atoms with Crippen LogP contribution in [-0.4, -0.2) is 6.04 Å². The maximum Gasteiger partial charge on any atom is 0.0423 e. The molecule has 2 aliphatic rings. The predicted molar refractivity (Wildman–Crippen MR) is 68.1 cm³/mol. The first-order valence-corrected chi connectivity index (χ1v) is 6.58. The SMILES string of the molecule is N[C@@H]1CC[C@@]2(c3cc(Cl)cc(Cl)c3)CC2C1. The molecule has 3 atom stereocenters. The zero-order valence-corrected chi connectivity index (χ0v) is 10.6. The molecule has 0 radical (unpaired) electrons. The van der Waals surface area contributed by atoms with E-state index < -0.39 is 0 Å². The smallest absolute Gasteiger partial charge is 0.0423 e. The van der Waals surface area contributed by atoms with Crippen LogP contribution in [0.25, 0.3) is 0 Å². The summed E-state index contributed by atoms with van der Waals surface area (Å²) in [7, 11) is 0. The monoisotopic (exact) mass is 255 g/mol. The lowest BCUT2D eigenvalue weighted by atomic mass is 9.81. The topological polar surface area (TPSA) is 26.0 Å². The van der Waals surface area contributed by atoms with E-state index in [1.807, 2.05) is 0 Å². The van der Waals surface area contributed by atoms with Gasteiger partial charge >= 0.3 is 0 Å². The van der Waals surface area contributed by atoms with Gasteiger partial charge in [0.2, 0.25) is 0 Å². The van der Waals surface area contributed by atoms with E-state index in [9.17, 15) is 0 Å². The number of nitrogens with two attached hydrogens (primary N) is 1. The molecule has 1 nitrogen and oxygen atoms in total. The standard InChI is InChI=1S/C13H15Cl2N/c14-10-3-8(4-11(15)6-10)13-2-1-12(16)5-9(13)7-13/h3-4,6,9,12H,1-2,5,7,16H2/t9?,12-,13+/m1/s1. The normalized spacial score (nSPS) is 36.9. The minimum atomic E-state index is 0.352. The van der Waals surface area contributed by atoms with Gasteiger partial charge in [-0.1, -0.05) is 23.2 Å². The first-order valence-electron chi connectivity index (χ1n) is 5.82. The lowest BCUT2D eigenvalue weighted by molar-refractivity contribution is 0.383. The van der Waals surface area contributed by atoms with Crippen molar-refractivity contribution in [3.8, 4) is 0 Å². The van der Waals surface area contributed by atoms with Crippen LogP contribution in [0.15, 0.2) is 18.2 Å². The van der Waals surface area contributed by atoms with Crippen LogP contribution < -0.4 is 5.73 Å². The second kappa shape index (κ2) is 3.63. The van der Waals surface area contributed by atoms with Crippen LogP contribution >= 0.6 is 23.2 Å². The van der Waals surface area contributed by atoms with E-state index in [0.29, 0.717) is 11.5 Å². The van der Waals surface area contributed by atoms with E-state index in [4.69, 9.17) is 28.9 Å². The highest BCUT2D eigenvalue weighted by Gasteiger charge is 2.57. The zero-order valence-electron chi connectivity index (χ0n) is 9.05. The Hall–Kier alpha value is -0.240. The van der Waals surface area contributed by atoms with Crippen LogP contribution in [0.4, 0.5) is 0 Å². The Labute approximate surface area is 106 Å². The summed E-state index contributed by atoms with van der Waals surface area (Å²) < 4.78 is 0. The van der Waals surface area contributed by atoms with Crippen molar-refractivity contribution >= 4 is 23.2 Å². The van der Waals surface area contributed by atoms with Crippen LogP contribution in [-0.2, 0) is 5.41 Å². The van der Waals surface area contributed by atoms with E-state index in [1.165, 1.54) is 18.4 Å². The molecule has 3 rings (SSSR count). The third-order valence-electron chi connectivity index (χ3n) is 4.22. The van der Waals surface area contributed by atoms with Crippen molar-refractivity contribution in [1.82, 2.24) is 0 Å². The fourth-order valence-electron chi connectivity index (χ4n) is 3.26. The quantitative estimate of drug-likeness (QED) is 0.813. The Bertz CT molecular complexity index is 412. The second-order valence-corrected chi connectivity index (χ2v) is 6.12. The maximum absolute atomic E-state index is 6.07. The highest BCUT2D eigenvalue weighted by atomic mass is 35.5. The number of hydrogen-bond donors (Lipinski definition) is 1. The first-order chi connectivity index (χ1) is 7.60. The Kier molecular flexibility index (Phi) is 2.47. The van der Waals surface area contributed by atoms with Gasteiger partial charge in [0, 0.05) is 16.1 Å². The van der Waals surface area contributed by atoms with Gasteiger partial charge in [-0.05, 0) is 60.8 Å². The van der Waals surface area contributed by atoms with Crippen LogP contribution in [0, 0.1) is 5.92 Å². The Morgan fingerprint density at radius 1 is 1.19 bits per heavy atom. The molecule has 0 aliphatic heterocycles. The molecule has 0 amide bonds. The van der Waals surface area contributed by atoms with Crippen molar-refractivity contribution in [2.75, 3.05) is 0 Å². The molecule has 2 N–H and O–H groups in total. The van der Waals surface area contributed by atoms with Gasteiger partial charge in [-0.3, -0.25) is 0 Å². The molecule has 2 aliphatic carbocycles. The zero-order chi connectivity index (χ0) is 11.3. The highest BCUT2D eigenvalue weighted by molar-refractivity contribution is 6.34. The van der Waals surface area contributed by atoms with Crippen LogP contribution in [0.1, 0.15) is 31.2 Å². The van der Waals surface area contributed by atoms with Crippen molar-refractivity contribution in [3.05, 3.63) is 33.8 Å². The minimum absolute atomic E-state index is 0.352. The van der Waals surface area contributed by atoms with E-state index in [1.54, 1.807) is 6.07 Å². The largest absolute Gasteiger partial charge is 0.328 e. The van der Waals surface area contributed by atoms with Crippen molar-refractivity contribution < 1.29 is 0 Å². The summed E-state index contributed by atoms with van der Waals surface area (Å²) in [5.41, 5.74) is 7.67. The molecule has 3 heteroatoms. The van der Waals surface area contributed by atoms with Gasteiger partial charge in [0.15, 0.2) is 0 Å². The lowest BCUT2D eigenvalue weighted by Crippen LogP contribution is -2.29. The summed E-state index contributed by atoms with van der Waals surface area (Å²) in [6.45, 7) is 0. The van der Waals surface area contributed by atoms with Crippen LogP contribution in [0.2, 0.25) is 10.0 Å². The molecule has 2 fully saturated rings. The maximum atomic E-state index is 6.07. The highest BCUT2D eigenvalue weighted by Crippen LogP contribution is 2.62. The summed E-state index contributed by atoms with van der Waals surface area (Å²) in [5, 5.41) is 1.50. The summed E-state index contributed by atoms with van der Waals surface area (Å²) in [4.78, 5) is 0. The third kappa shape index (κ3) is 1.66. The molecule has 0 bridgehead atoms. The fraction of sp³-hybridized carbons (Fsp3) is 0.538. The van der Waals surface area contributed by atoms with Gasteiger partial charge in [-0.15, -0.1) is 0 Å². The molecule has 0 saturated heterocycles. The molecular formula is C13H15Cl2N. The minimum Gasteiger partial charge on any atom is -0.328 e. The molecule has 16 heavy (non-hydrogen) atoms. The number of benzene rings is 1. The average Bonchev–Trinajstić information content (AvgIpc) is 2.91. The van der Waals surface area contributed by atoms with E-state index in [-0.39, 0.29) is 0 Å².